The molecule has 4 nitrogen and oxygen atoms in total. The van der Waals surface area contributed by atoms with Gasteiger partial charge >= 0.3 is 0 Å². The van der Waals surface area contributed by atoms with Crippen molar-refractivity contribution < 1.29 is 4.74 Å². The van der Waals surface area contributed by atoms with Crippen LogP contribution in [0.5, 0.6) is 5.75 Å². The monoisotopic (exact) mass is 313 g/mol. The SMILES string of the molecule is c1ccc(CN2CC3(C[C@H](Oc4cccnc4)CS3)C2)nc1. The van der Waals surface area contributed by atoms with Gasteiger partial charge in [0.1, 0.15) is 11.9 Å². The summed E-state index contributed by atoms with van der Waals surface area (Å²) in [5, 5.41) is 0. The van der Waals surface area contributed by atoms with Crippen LogP contribution < -0.4 is 4.74 Å². The largest absolute Gasteiger partial charge is 0.488 e. The van der Waals surface area contributed by atoms with E-state index in [0.717, 1.165) is 43.3 Å². The van der Waals surface area contributed by atoms with Crippen LogP contribution in [0.15, 0.2) is 48.9 Å². The van der Waals surface area contributed by atoms with Crippen LogP contribution in [0.25, 0.3) is 0 Å². The molecule has 2 aliphatic rings. The quantitative estimate of drug-likeness (QED) is 0.867. The predicted octanol–water partition coefficient (Wildman–Crippen LogP) is 2.62. The maximum absolute atomic E-state index is 6.05. The van der Waals surface area contributed by atoms with Crippen LogP contribution in [0, 0.1) is 0 Å². The fraction of sp³-hybridized carbons (Fsp3) is 0.412. The summed E-state index contributed by atoms with van der Waals surface area (Å²) >= 11 is 2.07. The van der Waals surface area contributed by atoms with Gasteiger partial charge in [0.25, 0.3) is 0 Å². The number of hydrogen-bond donors (Lipinski definition) is 0. The molecule has 0 aliphatic carbocycles. The highest BCUT2D eigenvalue weighted by Gasteiger charge is 2.49. The normalized spacial score (nSPS) is 23.4. The number of ether oxygens (including phenoxy) is 1. The molecule has 2 aliphatic heterocycles. The van der Waals surface area contributed by atoms with Gasteiger partial charge < -0.3 is 4.74 Å². The van der Waals surface area contributed by atoms with Crippen molar-refractivity contribution in [2.75, 3.05) is 18.8 Å². The van der Waals surface area contributed by atoms with E-state index in [1.165, 1.54) is 0 Å². The Morgan fingerprint density at radius 1 is 1.23 bits per heavy atom. The maximum Gasteiger partial charge on any atom is 0.138 e. The number of nitrogens with zero attached hydrogens (tertiary/aromatic N) is 3. The zero-order chi connectivity index (χ0) is 14.8. The third-order valence-electron chi connectivity index (χ3n) is 4.25. The summed E-state index contributed by atoms with van der Waals surface area (Å²) in [5.41, 5.74) is 1.16. The molecule has 5 heteroatoms. The Labute approximate surface area is 134 Å². The van der Waals surface area contributed by atoms with Gasteiger partial charge in [-0.25, -0.2) is 0 Å². The van der Waals surface area contributed by atoms with Crippen LogP contribution in [0.4, 0.5) is 0 Å². The van der Waals surface area contributed by atoms with Crippen LogP contribution in [0.1, 0.15) is 12.1 Å². The first-order chi connectivity index (χ1) is 10.8. The van der Waals surface area contributed by atoms with Gasteiger partial charge in [-0.2, -0.15) is 0 Å². The van der Waals surface area contributed by atoms with E-state index in [0.29, 0.717) is 10.9 Å². The summed E-state index contributed by atoms with van der Waals surface area (Å²) in [6.07, 6.45) is 6.88. The molecule has 2 aromatic heterocycles. The van der Waals surface area contributed by atoms with E-state index >= 15 is 0 Å². The number of thioether (sulfide) groups is 1. The van der Waals surface area contributed by atoms with Gasteiger partial charge in [0.05, 0.1) is 11.9 Å². The molecular formula is C17H19N3OS. The first kappa shape index (κ1) is 14.0. The van der Waals surface area contributed by atoms with Crippen LogP contribution in [0.3, 0.4) is 0 Å². The fourth-order valence-electron chi connectivity index (χ4n) is 3.31. The van der Waals surface area contributed by atoms with Crippen molar-refractivity contribution in [3.63, 3.8) is 0 Å². The highest BCUT2D eigenvalue weighted by atomic mass is 32.2. The van der Waals surface area contributed by atoms with E-state index in [4.69, 9.17) is 4.74 Å². The Balaban J connectivity index is 1.29. The van der Waals surface area contributed by atoms with Crippen molar-refractivity contribution in [2.45, 2.75) is 23.8 Å². The molecule has 4 rings (SSSR count). The van der Waals surface area contributed by atoms with E-state index in [-0.39, 0.29) is 0 Å². The van der Waals surface area contributed by atoms with Gasteiger partial charge in [0, 0.05) is 48.9 Å². The summed E-state index contributed by atoms with van der Waals surface area (Å²) in [6.45, 7) is 3.24. The average Bonchev–Trinajstić information content (AvgIpc) is 2.93. The second kappa shape index (κ2) is 5.89. The van der Waals surface area contributed by atoms with E-state index < -0.39 is 0 Å². The topological polar surface area (TPSA) is 38.2 Å². The molecule has 1 spiro atoms. The van der Waals surface area contributed by atoms with Crippen molar-refractivity contribution in [1.29, 1.82) is 0 Å². The van der Waals surface area contributed by atoms with Gasteiger partial charge in [-0.1, -0.05) is 6.07 Å². The lowest BCUT2D eigenvalue weighted by atomic mass is 9.93. The van der Waals surface area contributed by atoms with Crippen LogP contribution >= 0.6 is 11.8 Å². The Kier molecular flexibility index (Phi) is 3.76. The zero-order valence-electron chi connectivity index (χ0n) is 12.4. The molecule has 0 bridgehead atoms. The average molecular weight is 313 g/mol. The molecule has 4 heterocycles. The summed E-state index contributed by atoms with van der Waals surface area (Å²) in [4.78, 5) is 11.0. The number of likely N-dealkylation sites (tertiary alicyclic amines) is 1. The van der Waals surface area contributed by atoms with Gasteiger partial charge in [-0.3, -0.25) is 14.9 Å². The minimum atomic E-state index is 0.311. The Morgan fingerprint density at radius 2 is 2.18 bits per heavy atom. The molecule has 2 aromatic rings. The molecule has 1 atom stereocenters. The molecule has 0 unspecified atom stereocenters. The van der Waals surface area contributed by atoms with Crippen molar-refractivity contribution in [3.8, 4) is 5.75 Å². The van der Waals surface area contributed by atoms with Crippen LogP contribution in [-0.2, 0) is 6.54 Å². The second-order valence-electron chi connectivity index (χ2n) is 6.09. The maximum atomic E-state index is 6.05. The smallest absolute Gasteiger partial charge is 0.138 e. The van der Waals surface area contributed by atoms with E-state index in [1.54, 1.807) is 12.4 Å². The minimum Gasteiger partial charge on any atom is -0.488 e. The van der Waals surface area contributed by atoms with Crippen molar-refractivity contribution >= 4 is 11.8 Å². The van der Waals surface area contributed by atoms with Crippen molar-refractivity contribution in [3.05, 3.63) is 54.6 Å². The number of aromatic nitrogens is 2. The molecule has 0 N–H and O–H groups in total. The molecule has 114 valence electrons. The Hall–Kier alpha value is -1.59. The van der Waals surface area contributed by atoms with Crippen molar-refractivity contribution in [2.24, 2.45) is 0 Å². The molecule has 0 saturated carbocycles. The third kappa shape index (κ3) is 2.96. The number of pyridine rings is 2. The van der Waals surface area contributed by atoms with Crippen LogP contribution in [0.2, 0.25) is 0 Å². The molecule has 0 aromatic carbocycles. The lowest BCUT2D eigenvalue weighted by molar-refractivity contribution is 0.0909. The van der Waals surface area contributed by atoms with Gasteiger partial charge in [-0.05, 0) is 24.3 Å². The van der Waals surface area contributed by atoms with Gasteiger partial charge in [-0.15, -0.1) is 11.8 Å². The lowest BCUT2D eigenvalue weighted by Crippen LogP contribution is -2.58. The predicted molar refractivity (Wildman–Crippen MR) is 88.0 cm³/mol. The Bertz CT molecular complexity index is 616. The zero-order valence-corrected chi connectivity index (χ0v) is 13.2. The summed E-state index contributed by atoms with van der Waals surface area (Å²) < 4.78 is 6.44. The highest BCUT2D eigenvalue weighted by molar-refractivity contribution is 8.01. The van der Waals surface area contributed by atoms with Crippen molar-refractivity contribution in [1.82, 2.24) is 14.9 Å². The molecule has 22 heavy (non-hydrogen) atoms. The third-order valence-corrected chi connectivity index (χ3v) is 5.82. The van der Waals surface area contributed by atoms with E-state index in [1.807, 2.05) is 24.4 Å². The first-order valence-corrected chi connectivity index (χ1v) is 8.63. The van der Waals surface area contributed by atoms with E-state index in [9.17, 15) is 0 Å². The number of hydrogen-bond acceptors (Lipinski definition) is 5. The standard InChI is InChI=1S/C17H19N3OS/c1-2-7-19-14(4-1)10-20-12-17(13-20)8-16(11-22-17)21-15-5-3-6-18-9-15/h1-7,9,16H,8,10-13H2/t16-/m0/s1. The van der Waals surface area contributed by atoms with Crippen LogP contribution in [-0.4, -0.2) is 44.6 Å². The molecule has 0 amide bonds. The summed E-state index contributed by atoms with van der Waals surface area (Å²) in [6, 6.07) is 10.0. The van der Waals surface area contributed by atoms with E-state index in [2.05, 4.69) is 38.8 Å². The molecular weight excluding hydrogens is 294 g/mol. The fourth-order valence-corrected chi connectivity index (χ4v) is 4.89. The Morgan fingerprint density at radius 3 is 2.95 bits per heavy atom. The highest BCUT2D eigenvalue weighted by Crippen LogP contribution is 2.46. The molecule has 0 radical (unpaired) electrons. The number of rotatable bonds is 4. The molecule has 2 fully saturated rings. The lowest BCUT2D eigenvalue weighted by Gasteiger charge is -2.47. The van der Waals surface area contributed by atoms with Gasteiger partial charge in [0.15, 0.2) is 0 Å². The first-order valence-electron chi connectivity index (χ1n) is 7.64. The summed E-state index contributed by atoms with van der Waals surface area (Å²) in [7, 11) is 0. The summed E-state index contributed by atoms with van der Waals surface area (Å²) in [5.74, 6) is 1.96. The molecule has 2 saturated heterocycles. The minimum absolute atomic E-state index is 0.311. The van der Waals surface area contributed by atoms with Gasteiger partial charge in [0.2, 0.25) is 0 Å². The second-order valence-corrected chi connectivity index (χ2v) is 7.58.